The molecule has 0 unspecified atom stereocenters. The molecule has 0 fully saturated rings. The molecule has 1 aromatic heterocycles. The molecule has 0 saturated carbocycles. The van der Waals surface area contributed by atoms with Crippen molar-refractivity contribution in [2.45, 2.75) is 20.1 Å². The van der Waals surface area contributed by atoms with E-state index in [2.05, 4.69) is 11.9 Å². The summed E-state index contributed by atoms with van der Waals surface area (Å²) in [5.74, 6) is 1.48. The van der Waals surface area contributed by atoms with Crippen LogP contribution < -0.4 is 4.74 Å². The topological polar surface area (TPSA) is 47.3 Å². The van der Waals surface area contributed by atoms with E-state index in [4.69, 9.17) is 4.74 Å². The highest BCUT2D eigenvalue weighted by molar-refractivity contribution is 5.85. The van der Waals surface area contributed by atoms with E-state index in [1.807, 2.05) is 41.1 Å². The van der Waals surface area contributed by atoms with Crippen molar-refractivity contribution in [1.29, 1.82) is 0 Å². The molecule has 1 N–H and O–H groups in total. The number of fused-ring (bicyclic) bond motifs is 1. The standard InChI is InChI=1S/C16H16N2O2/c1-2-18-8-7-17-16(18)11-20-15-10-13-6-4-3-5-12(13)9-14(15)19/h3-10,19H,2,11H2,1H3. The van der Waals surface area contributed by atoms with Crippen LogP contribution in [0.3, 0.4) is 0 Å². The monoisotopic (exact) mass is 268 g/mol. The normalized spacial score (nSPS) is 10.8. The van der Waals surface area contributed by atoms with Gasteiger partial charge in [-0.1, -0.05) is 24.3 Å². The Morgan fingerprint density at radius 3 is 2.70 bits per heavy atom. The third kappa shape index (κ3) is 2.32. The first-order chi connectivity index (χ1) is 9.78. The summed E-state index contributed by atoms with van der Waals surface area (Å²) in [7, 11) is 0. The lowest BCUT2D eigenvalue weighted by molar-refractivity contribution is 0.276. The maximum Gasteiger partial charge on any atom is 0.162 e. The van der Waals surface area contributed by atoms with Crippen LogP contribution in [0.5, 0.6) is 11.5 Å². The number of benzene rings is 2. The molecule has 3 rings (SSSR count). The molecular weight excluding hydrogens is 252 g/mol. The van der Waals surface area contributed by atoms with Crippen molar-refractivity contribution >= 4 is 10.8 Å². The maximum atomic E-state index is 10.0. The van der Waals surface area contributed by atoms with Crippen molar-refractivity contribution in [3.8, 4) is 11.5 Å². The maximum absolute atomic E-state index is 10.0. The van der Waals surface area contributed by atoms with E-state index in [0.717, 1.165) is 23.1 Å². The second-order valence-corrected chi connectivity index (χ2v) is 4.59. The quantitative estimate of drug-likeness (QED) is 0.789. The lowest BCUT2D eigenvalue weighted by Crippen LogP contribution is -2.05. The second-order valence-electron chi connectivity index (χ2n) is 4.59. The molecule has 0 bridgehead atoms. The van der Waals surface area contributed by atoms with Crippen LogP contribution in [0.4, 0.5) is 0 Å². The lowest BCUT2D eigenvalue weighted by Gasteiger charge is -2.10. The van der Waals surface area contributed by atoms with Crippen molar-refractivity contribution < 1.29 is 9.84 Å². The molecule has 102 valence electrons. The number of hydrogen-bond donors (Lipinski definition) is 1. The van der Waals surface area contributed by atoms with E-state index < -0.39 is 0 Å². The zero-order valence-electron chi connectivity index (χ0n) is 11.3. The van der Waals surface area contributed by atoms with E-state index in [1.54, 1.807) is 12.3 Å². The van der Waals surface area contributed by atoms with Crippen molar-refractivity contribution in [2.75, 3.05) is 0 Å². The number of imidazole rings is 1. The number of phenolic OH excluding ortho intramolecular Hbond substituents is 1. The molecule has 0 aliphatic rings. The molecule has 0 spiro atoms. The van der Waals surface area contributed by atoms with Gasteiger partial charge in [-0.15, -0.1) is 0 Å². The number of aromatic nitrogens is 2. The summed E-state index contributed by atoms with van der Waals surface area (Å²) in [6.07, 6.45) is 3.67. The largest absolute Gasteiger partial charge is 0.504 e. The van der Waals surface area contributed by atoms with Crippen LogP contribution in [0.25, 0.3) is 10.8 Å². The Bertz CT molecular complexity index is 734. The summed E-state index contributed by atoms with van der Waals surface area (Å²) in [6.45, 7) is 3.24. The minimum absolute atomic E-state index is 0.151. The Hall–Kier alpha value is -2.49. The van der Waals surface area contributed by atoms with Gasteiger partial charge in [0.15, 0.2) is 11.5 Å². The lowest BCUT2D eigenvalue weighted by atomic mass is 10.1. The van der Waals surface area contributed by atoms with Gasteiger partial charge < -0.3 is 14.4 Å². The molecule has 4 nitrogen and oxygen atoms in total. The van der Waals surface area contributed by atoms with Gasteiger partial charge in [-0.3, -0.25) is 0 Å². The Balaban J connectivity index is 1.85. The number of hydrogen-bond acceptors (Lipinski definition) is 3. The van der Waals surface area contributed by atoms with E-state index in [9.17, 15) is 5.11 Å². The molecular formula is C16H16N2O2. The number of nitrogens with zero attached hydrogens (tertiary/aromatic N) is 2. The summed E-state index contributed by atoms with van der Waals surface area (Å²) in [5, 5.41) is 12.0. The Kier molecular flexibility index (Phi) is 3.29. The molecule has 1 heterocycles. The summed E-state index contributed by atoms with van der Waals surface area (Å²) in [6, 6.07) is 11.4. The van der Waals surface area contributed by atoms with Crippen LogP contribution in [-0.4, -0.2) is 14.7 Å². The number of phenols is 1. The highest BCUT2D eigenvalue weighted by atomic mass is 16.5. The van der Waals surface area contributed by atoms with Gasteiger partial charge in [-0.25, -0.2) is 4.98 Å². The number of aryl methyl sites for hydroxylation is 1. The summed E-state index contributed by atoms with van der Waals surface area (Å²) in [5.41, 5.74) is 0. The van der Waals surface area contributed by atoms with Gasteiger partial charge in [0.25, 0.3) is 0 Å². The van der Waals surface area contributed by atoms with Crippen LogP contribution in [0, 0.1) is 0 Å². The molecule has 0 aliphatic heterocycles. The first-order valence-electron chi connectivity index (χ1n) is 6.62. The summed E-state index contributed by atoms with van der Waals surface area (Å²) < 4.78 is 7.71. The molecule has 0 radical (unpaired) electrons. The van der Waals surface area contributed by atoms with Crippen molar-refractivity contribution in [1.82, 2.24) is 9.55 Å². The zero-order chi connectivity index (χ0) is 13.9. The number of ether oxygens (including phenoxy) is 1. The fourth-order valence-electron chi connectivity index (χ4n) is 2.23. The van der Waals surface area contributed by atoms with Crippen molar-refractivity contribution in [2.24, 2.45) is 0 Å². The summed E-state index contributed by atoms with van der Waals surface area (Å²) in [4.78, 5) is 4.25. The molecule has 0 aliphatic carbocycles. The Morgan fingerprint density at radius 2 is 1.95 bits per heavy atom. The average Bonchev–Trinajstić information content (AvgIpc) is 2.92. The van der Waals surface area contributed by atoms with Crippen molar-refractivity contribution in [3.05, 3.63) is 54.6 Å². The van der Waals surface area contributed by atoms with Gasteiger partial charge in [-0.05, 0) is 29.8 Å². The van der Waals surface area contributed by atoms with Gasteiger partial charge in [-0.2, -0.15) is 0 Å². The Labute approximate surface area is 117 Å². The SMILES string of the molecule is CCn1ccnc1COc1cc2ccccc2cc1O. The van der Waals surface area contributed by atoms with Crippen molar-refractivity contribution in [3.63, 3.8) is 0 Å². The fraction of sp³-hybridized carbons (Fsp3) is 0.188. The van der Waals surface area contributed by atoms with Crippen LogP contribution in [0.1, 0.15) is 12.7 Å². The van der Waals surface area contributed by atoms with Crippen LogP contribution in [0.15, 0.2) is 48.8 Å². The van der Waals surface area contributed by atoms with Crippen LogP contribution >= 0.6 is 0 Å². The smallest absolute Gasteiger partial charge is 0.162 e. The fourth-order valence-corrected chi connectivity index (χ4v) is 2.23. The second kappa shape index (κ2) is 5.25. The minimum Gasteiger partial charge on any atom is -0.504 e. The van der Waals surface area contributed by atoms with Crippen LogP contribution in [-0.2, 0) is 13.2 Å². The third-order valence-corrected chi connectivity index (χ3v) is 3.33. The highest BCUT2D eigenvalue weighted by Gasteiger charge is 2.07. The zero-order valence-corrected chi connectivity index (χ0v) is 11.3. The van der Waals surface area contributed by atoms with Gasteiger partial charge in [0.2, 0.25) is 0 Å². The molecule has 4 heteroatoms. The number of aromatic hydroxyl groups is 1. The van der Waals surface area contributed by atoms with Gasteiger partial charge >= 0.3 is 0 Å². The predicted octanol–water partition coefficient (Wildman–Crippen LogP) is 3.34. The first-order valence-corrected chi connectivity index (χ1v) is 6.62. The Morgan fingerprint density at radius 1 is 1.20 bits per heavy atom. The molecule has 2 aromatic carbocycles. The first kappa shape index (κ1) is 12.5. The van der Waals surface area contributed by atoms with Gasteiger partial charge in [0, 0.05) is 18.9 Å². The third-order valence-electron chi connectivity index (χ3n) is 3.33. The molecule has 0 atom stereocenters. The molecule has 0 saturated heterocycles. The van der Waals surface area contributed by atoms with Gasteiger partial charge in [0.05, 0.1) is 0 Å². The van der Waals surface area contributed by atoms with E-state index in [0.29, 0.717) is 12.4 Å². The predicted molar refractivity (Wildman–Crippen MR) is 77.8 cm³/mol. The summed E-state index contributed by atoms with van der Waals surface area (Å²) >= 11 is 0. The average molecular weight is 268 g/mol. The van der Waals surface area contributed by atoms with E-state index >= 15 is 0 Å². The van der Waals surface area contributed by atoms with Crippen LogP contribution in [0.2, 0.25) is 0 Å². The van der Waals surface area contributed by atoms with E-state index in [-0.39, 0.29) is 5.75 Å². The highest BCUT2D eigenvalue weighted by Crippen LogP contribution is 2.31. The minimum atomic E-state index is 0.151. The molecule has 0 amide bonds. The van der Waals surface area contributed by atoms with Gasteiger partial charge in [0.1, 0.15) is 12.4 Å². The number of rotatable bonds is 4. The molecule has 3 aromatic rings. The molecule has 20 heavy (non-hydrogen) atoms. The van der Waals surface area contributed by atoms with E-state index in [1.165, 1.54) is 0 Å².